The predicted octanol–water partition coefficient (Wildman–Crippen LogP) is 2.11. The summed E-state index contributed by atoms with van der Waals surface area (Å²) in [6, 6.07) is 0. The van der Waals surface area contributed by atoms with Gasteiger partial charge >= 0.3 is 0 Å². The molecule has 0 aliphatic heterocycles. The second-order valence-electron chi connectivity index (χ2n) is 4.36. The Hall–Kier alpha value is -0.870. The first-order valence-electron chi connectivity index (χ1n) is 6.53. The first kappa shape index (κ1) is 14.2. The molecule has 0 spiro atoms. The van der Waals surface area contributed by atoms with Crippen LogP contribution in [0.2, 0.25) is 0 Å². The molecule has 0 fully saturated rings. The van der Waals surface area contributed by atoms with Crippen LogP contribution < -0.4 is 5.32 Å². The molecule has 4 nitrogen and oxygen atoms in total. The van der Waals surface area contributed by atoms with Gasteiger partial charge in [0.15, 0.2) is 0 Å². The molecule has 1 N–H and O–H groups in total. The van der Waals surface area contributed by atoms with Crippen molar-refractivity contribution in [2.24, 2.45) is 0 Å². The molecule has 0 aliphatic carbocycles. The molecule has 0 aliphatic rings. The van der Waals surface area contributed by atoms with E-state index in [2.05, 4.69) is 29.0 Å². The summed E-state index contributed by atoms with van der Waals surface area (Å²) < 4.78 is 5.51. The minimum atomic E-state index is 0.721. The third-order valence-corrected chi connectivity index (χ3v) is 2.94. The summed E-state index contributed by atoms with van der Waals surface area (Å²) >= 11 is 0. The van der Waals surface area contributed by atoms with E-state index >= 15 is 0 Å². The minimum Gasteiger partial charge on any atom is -0.444 e. The van der Waals surface area contributed by atoms with E-state index in [1.54, 1.807) is 0 Å². The van der Waals surface area contributed by atoms with Gasteiger partial charge in [0.2, 0.25) is 5.89 Å². The molecule has 1 rings (SSSR count). The van der Waals surface area contributed by atoms with Gasteiger partial charge in [-0.15, -0.1) is 0 Å². The zero-order valence-corrected chi connectivity index (χ0v) is 11.5. The fraction of sp³-hybridized carbons (Fsp3) is 0.769. The summed E-state index contributed by atoms with van der Waals surface area (Å²) in [7, 11) is 0. The summed E-state index contributed by atoms with van der Waals surface area (Å²) in [5.41, 5.74) is 0.989. The van der Waals surface area contributed by atoms with Crippen molar-refractivity contribution in [2.45, 2.75) is 40.7 Å². The number of hydrogen-bond donors (Lipinski definition) is 1. The molecule has 4 heteroatoms. The summed E-state index contributed by atoms with van der Waals surface area (Å²) in [5, 5.41) is 3.37. The van der Waals surface area contributed by atoms with Crippen LogP contribution in [-0.4, -0.2) is 36.1 Å². The smallest absolute Gasteiger partial charge is 0.208 e. The molecule has 1 heterocycles. The molecular weight excluding hydrogens is 214 g/mol. The van der Waals surface area contributed by atoms with Gasteiger partial charge in [-0.25, -0.2) is 4.98 Å². The number of aryl methyl sites for hydroxylation is 2. The van der Waals surface area contributed by atoms with Crippen LogP contribution in [-0.2, 0) is 6.54 Å². The van der Waals surface area contributed by atoms with Crippen molar-refractivity contribution in [3.05, 3.63) is 17.3 Å². The second-order valence-corrected chi connectivity index (χ2v) is 4.36. The Balaban J connectivity index is 2.19. The lowest BCUT2D eigenvalue weighted by molar-refractivity contribution is 0.285. The molecule has 0 amide bonds. The molecule has 0 radical (unpaired) electrons. The Bertz CT molecular complexity index is 303. The van der Waals surface area contributed by atoms with Crippen molar-refractivity contribution in [1.29, 1.82) is 0 Å². The van der Waals surface area contributed by atoms with E-state index in [-0.39, 0.29) is 0 Å². The Kier molecular flexibility index (Phi) is 6.22. The third kappa shape index (κ3) is 4.88. The Labute approximate surface area is 104 Å². The average molecular weight is 239 g/mol. The van der Waals surface area contributed by atoms with Crippen LogP contribution in [0.3, 0.4) is 0 Å². The van der Waals surface area contributed by atoms with Gasteiger partial charge < -0.3 is 14.6 Å². The molecule has 0 saturated carbocycles. The summed E-state index contributed by atoms with van der Waals surface area (Å²) in [4.78, 5) is 6.78. The van der Waals surface area contributed by atoms with Crippen molar-refractivity contribution in [1.82, 2.24) is 15.2 Å². The van der Waals surface area contributed by atoms with Crippen molar-refractivity contribution in [2.75, 3.05) is 26.2 Å². The SMILES string of the molecule is CCCN(CC)CCNCc1nc(C)c(C)o1. The van der Waals surface area contributed by atoms with E-state index in [0.717, 1.165) is 43.5 Å². The third-order valence-electron chi connectivity index (χ3n) is 2.94. The standard InChI is InChI=1S/C13H25N3O/c1-5-8-16(6-2)9-7-14-10-13-15-11(3)12(4)17-13/h14H,5-10H2,1-4H3. The summed E-state index contributed by atoms with van der Waals surface area (Å²) in [5.74, 6) is 1.71. The van der Waals surface area contributed by atoms with Gasteiger partial charge in [-0.1, -0.05) is 13.8 Å². The van der Waals surface area contributed by atoms with Crippen molar-refractivity contribution >= 4 is 0 Å². The number of likely N-dealkylation sites (N-methyl/N-ethyl adjacent to an activating group) is 1. The lowest BCUT2D eigenvalue weighted by Gasteiger charge is -2.19. The maximum atomic E-state index is 5.51. The van der Waals surface area contributed by atoms with Gasteiger partial charge in [0.05, 0.1) is 12.2 Å². The number of oxazole rings is 1. The molecular formula is C13H25N3O. The number of nitrogens with one attached hydrogen (secondary N) is 1. The topological polar surface area (TPSA) is 41.3 Å². The first-order valence-corrected chi connectivity index (χ1v) is 6.53. The van der Waals surface area contributed by atoms with Crippen molar-refractivity contribution in [3.63, 3.8) is 0 Å². The lowest BCUT2D eigenvalue weighted by atomic mass is 10.4. The van der Waals surface area contributed by atoms with Crippen LogP contribution in [0.4, 0.5) is 0 Å². The van der Waals surface area contributed by atoms with Gasteiger partial charge in [-0.05, 0) is 33.4 Å². The first-order chi connectivity index (χ1) is 8.17. The average Bonchev–Trinajstić information content (AvgIpc) is 2.63. The zero-order chi connectivity index (χ0) is 12.7. The molecule has 0 bridgehead atoms. The van der Waals surface area contributed by atoms with E-state index in [1.165, 1.54) is 13.0 Å². The normalized spacial score (nSPS) is 11.4. The zero-order valence-electron chi connectivity index (χ0n) is 11.5. The van der Waals surface area contributed by atoms with Crippen molar-refractivity contribution in [3.8, 4) is 0 Å². The van der Waals surface area contributed by atoms with E-state index < -0.39 is 0 Å². The summed E-state index contributed by atoms with van der Waals surface area (Å²) in [6.45, 7) is 13.4. The monoisotopic (exact) mass is 239 g/mol. The Morgan fingerprint density at radius 2 is 2.00 bits per heavy atom. The van der Waals surface area contributed by atoms with Crippen LogP contribution >= 0.6 is 0 Å². The van der Waals surface area contributed by atoms with Gasteiger partial charge in [-0.3, -0.25) is 0 Å². The van der Waals surface area contributed by atoms with Gasteiger partial charge in [-0.2, -0.15) is 0 Å². The highest BCUT2D eigenvalue weighted by Crippen LogP contribution is 2.07. The summed E-state index contributed by atoms with van der Waals surface area (Å²) in [6.07, 6.45) is 1.21. The predicted molar refractivity (Wildman–Crippen MR) is 70.1 cm³/mol. The number of aromatic nitrogens is 1. The Morgan fingerprint density at radius 3 is 2.53 bits per heavy atom. The Morgan fingerprint density at radius 1 is 1.24 bits per heavy atom. The number of rotatable bonds is 8. The molecule has 1 aromatic heterocycles. The van der Waals surface area contributed by atoms with Crippen LogP contribution in [0.1, 0.15) is 37.6 Å². The van der Waals surface area contributed by atoms with Gasteiger partial charge in [0, 0.05) is 13.1 Å². The largest absolute Gasteiger partial charge is 0.444 e. The lowest BCUT2D eigenvalue weighted by Crippen LogP contribution is -2.32. The maximum Gasteiger partial charge on any atom is 0.208 e. The van der Waals surface area contributed by atoms with Gasteiger partial charge in [0.1, 0.15) is 5.76 Å². The fourth-order valence-electron chi connectivity index (χ4n) is 1.79. The second kappa shape index (κ2) is 7.45. The highest BCUT2D eigenvalue weighted by Gasteiger charge is 2.05. The number of nitrogens with zero attached hydrogens (tertiary/aromatic N) is 2. The molecule has 0 unspecified atom stereocenters. The van der Waals surface area contributed by atoms with E-state index in [1.807, 2.05) is 13.8 Å². The van der Waals surface area contributed by atoms with Crippen LogP contribution in [0.25, 0.3) is 0 Å². The van der Waals surface area contributed by atoms with Crippen LogP contribution in [0.5, 0.6) is 0 Å². The van der Waals surface area contributed by atoms with E-state index in [9.17, 15) is 0 Å². The van der Waals surface area contributed by atoms with E-state index in [4.69, 9.17) is 4.42 Å². The molecule has 0 saturated heterocycles. The molecule has 0 aromatic carbocycles. The van der Waals surface area contributed by atoms with Crippen LogP contribution in [0, 0.1) is 13.8 Å². The van der Waals surface area contributed by atoms with E-state index in [0.29, 0.717) is 0 Å². The van der Waals surface area contributed by atoms with Crippen molar-refractivity contribution < 1.29 is 4.42 Å². The van der Waals surface area contributed by atoms with Gasteiger partial charge in [0.25, 0.3) is 0 Å². The fourth-order valence-corrected chi connectivity index (χ4v) is 1.79. The van der Waals surface area contributed by atoms with Crippen LogP contribution in [0.15, 0.2) is 4.42 Å². The molecule has 98 valence electrons. The molecule has 1 aromatic rings. The molecule has 0 atom stereocenters. The maximum absolute atomic E-state index is 5.51. The molecule has 17 heavy (non-hydrogen) atoms. The highest BCUT2D eigenvalue weighted by molar-refractivity contribution is 5.05. The highest BCUT2D eigenvalue weighted by atomic mass is 16.4. The number of hydrogen-bond acceptors (Lipinski definition) is 4. The minimum absolute atomic E-state index is 0.721. The quantitative estimate of drug-likeness (QED) is 0.705.